The molecule has 0 N–H and O–H groups in total. The highest BCUT2D eigenvalue weighted by Crippen LogP contribution is 2.09. The molecule has 0 fully saturated rings. The summed E-state index contributed by atoms with van der Waals surface area (Å²) >= 11 is 0. The van der Waals surface area contributed by atoms with Gasteiger partial charge in [0.1, 0.15) is 0 Å². The molecule has 0 spiro atoms. The van der Waals surface area contributed by atoms with Crippen molar-refractivity contribution in [1.29, 1.82) is 0 Å². The van der Waals surface area contributed by atoms with E-state index in [4.69, 9.17) is 9.47 Å². The summed E-state index contributed by atoms with van der Waals surface area (Å²) in [6.45, 7) is 8.60. The van der Waals surface area contributed by atoms with E-state index in [1.165, 1.54) is 0 Å². The maximum Gasteiger partial charge on any atom is 0.333 e. The zero-order chi connectivity index (χ0) is 12.4. The molecule has 0 aromatic heterocycles. The Kier molecular flexibility index (Phi) is 7.85. The van der Waals surface area contributed by atoms with E-state index in [-0.39, 0.29) is 0 Å². The van der Waals surface area contributed by atoms with E-state index in [1.807, 2.05) is 0 Å². The Bertz CT molecular complexity index is 236. The fourth-order valence-electron chi connectivity index (χ4n) is 1.06. The van der Waals surface area contributed by atoms with Crippen LogP contribution in [0.5, 0.6) is 0 Å². The van der Waals surface area contributed by atoms with Crippen molar-refractivity contribution in [3.05, 3.63) is 25.3 Å². The lowest BCUT2D eigenvalue weighted by molar-refractivity contribution is -0.182. The van der Waals surface area contributed by atoms with Gasteiger partial charge in [0.15, 0.2) is 0 Å². The molecule has 0 rings (SSSR count). The molecule has 0 bridgehead atoms. The number of ether oxygens (including phenoxy) is 2. The third-order valence-electron chi connectivity index (χ3n) is 1.87. The molecule has 16 heavy (non-hydrogen) atoms. The second kappa shape index (κ2) is 8.71. The van der Waals surface area contributed by atoms with Gasteiger partial charge in [0.05, 0.1) is 0 Å². The van der Waals surface area contributed by atoms with Gasteiger partial charge in [-0.2, -0.15) is 0 Å². The van der Waals surface area contributed by atoms with Gasteiger partial charge in [-0.15, -0.1) is 0 Å². The van der Waals surface area contributed by atoms with Crippen LogP contribution in [-0.4, -0.2) is 18.2 Å². The molecule has 0 radical (unpaired) electrons. The number of carbonyl (C=O) groups excluding carboxylic acids is 2. The summed E-state index contributed by atoms with van der Waals surface area (Å²) in [6, 6.07) is 0. The number of rotatable bonds is 8. The van der Waals surface area contributed by atoms with Crippen LogP contribution >= 0.6 is 0 Å². The Morgan fingerprint density at radius 3 is 2.00 bits per heavy atom. The van der Waals surface area contributed by atoms with E-state index in [0.29, 0.717) is 6.42 Å². The zero-order valence-corrected chi connectivity index (χ0v) is 9.61. The molecule has 4 heteroatoms. The van der Waals surface area contributed by atoms with Crippen molar-refractivity contribution in [1.82, 2.24) is 0 Å². The largest absolute Gasteiger partial charge is 0.422 e. The Morgan fingerprint density at radius 2 is 1.62 bits per heavy atom. The number of unbranched alkanes of at least 4 members (excludes halogenated alkanes) is 2. The van der Waals surface area contributed by atoms with Crippen LogP contribution in [0.15, 0.2) is 25.3 Å². The zero-order valence-electron chi connectivity index (χ0n) is 9.61. The molecule has 0 unspecified atom stereocenters. The Hall–Kier alpha value is -1.58. The molecule has 0 aliphatic heterocycles. The predicted molar refractivity (Wildman–Crippen MR) is 60.5 cm³/mol. The monoisotopic (exact) mass is 226 g/mol. The fourth-order valence-corrected chi connectivity index (χ4v) is 1.06. The number of esters is 2. The molecule has 4 nitrogen and oxygen atoms in total. The van der Waals surface area contributed by atoms with Crippen molar-refractivity contribution in [3.8, 4) is 0 Å². The maximum absolute atomic E-state index is 11.0. The van der Waals surface area contributed by atoms with Crippen molar-refractivity contribution in [3.63, 3.8) is 0 Å². The highest BCUT2D eigenvalue weighted by molar-refractivity contribution is 5.82. The van der Waals surface area contributed by atoms with E-state index in [9.17, 15) is 9.59 Å². The summed E-state index contributed by atoms with van der Waals surface area (Å²) in [5.41, 5.74) is 0. The Balaban J connectivity index is 4.14. The summed E-state index contributed by atoms with van der Waals surface area (Å²) in [6.07, 6.45) is 4.58. The van der Waals surface area contributed by atoms with Crippen LogP contribution < -0.4 is 0 Å². The molecule has 0 aromatic carbocycles. The van der Waals surface area contributed by atoms with E-state index in [1.54, 1.807) is 0 Å². The summed E-state index contributed by atoms with van der Waals surface area (Å²) in [5, 5.41) is 0. The fraction of sp³-hybridized carbons (Fsp3) is 0.500. The Morgan fingerprint density at radius 1 is 1.12 bits per heavy atom. The summed E-state index contributed by atoms with van der Waals surface area (Å²) in [4.78, 5) is 21.9. The second-order valence-corrected chi connectivity index (χ2v) is 3.21. The number of hydrogen-bond acceptors (Lipinski definition) is 4. The van der Waals surface area contributed by atoms with Gasteiger partial charge in [-0.05, 0) is 6.42 Å². The van der Waals surface area contributed by atoms with E-state index >= 15 is 0 Å². The third-order valence-corrected chi connectivity index (χ3v) is 1.87. The van der Waals surface area contributed by atoms with Crippen LogP contribution in [0.1, 0.15) is 32.6 Å². The standard InChI is InChI=1S/C12H18O4/c1-4-7-8-9-12(15-10(13)5-2)16-11(14)6-3/h5-6,12H,2-4,7-9H2,1H3. The lowest BCUT2D eigenvalue weighted by atomic mass is 10.2. The van der Waals surface area contributed by atoms with Gasteiger partial charge < -0.3 is 9.47 Å². The van der Waals surface area contributed by atoms with Crippen LogP contribution in [0.3, 0.4) is 0 Å². The van der Waals surface area contributed by atoms with Crippen molar-refractivity contribution in [2.75, 3.05) is 0 Å². The molecule has 90 valence electrons. The molecule has 0 atom stereocenters. The van der Waals surface area contributed by atoms with Gasteiger partial charge in [-0.1, -0.05) is 32.9 Å². The molecule has 0 amide bonds. The summed E-state index contributed by atoms with van der Waals surface area (Å²) in [5.74, 6) is -1.20. The molecule has 0 aliphatic rings. The lowest BCUT2D eigenvalue weighted by Gasteiger charge is -2.16. The van der Waals surface area contributed by atoms with Gasteiger partial charge in [0.25, 0.3) is 0 Å². The minimum atomic E-state index is -0.845. The highest BCUT2D eigenvalue weighted by atomic mass is 16.7. The first-order valence-corrected chi connectivity index (χ1v) is 5.30. The smallest absolute Gasteiger partial charge is 0.333 e. The molecule has 0 heterocycles. The van der Waals surface area contributed by atoms with E-state index in [0.717, 1.165) is 31.4 Å². The average molecular weight is 226 g/mol. The Labute approximate surface area is 95.9 Å². The second-order valence-electron chi connectivity index (χ2n) is 3.21. The van der Waals surface area contributed by atoms with Gasteiger partial charge in [-0.25, -0.2) is 9.59 Å². The minimum absolute atomic E-state index is 0.493. The number of carbonyl (C=O) groups is 2. The molecule has 0 saturated carbocycles. The summed E-state index contributed by atoms with van der Waals surface area (Å²) in [7, 11) is 0. The highest BCUT2D eigenvalue weighted by Gasteiger charge is 2.15. The van der Waals surface area contributed by atoms with E-state index in [2.05, 4.69) is 20.1 Å². The maximum atomic E-state index is 11.0. The molecule has 0 aromatic rings. The van der Waals surface area contributed by atoms with Crippen LogP contribution in [0.2, 0.25) is 0 Å². The van der Waals surface area contributed by atoms with Gasteiger partial charge >= 0.3 is 11.9 Å². The molecule has 0 saturated heterocycles. The van der Waals surface area contributed by atoms with Gasteiger partial charge in [-0.3, -0.25) is 0 Å². The quantitative estimate of drug-likeness (QED) is 0.276. The van der Waals surface area contributed by atoms with Crippen LogP contribution in [0, 0.1) is 0 Å². The van der Waals surface area contributed by atoms with Crippen molar-refractivity contribution in [2.24, 2.45) is 0 Å². The molecular formula is C12H18O4. The third kappa shape index (κ3) is 6.81. The van der Waals surface area contributed by atoms with Crippen LogP contribution in [0.4, 0.5) is 0 Å². The average Bonchev–Trinajstić information content (AvgIpc) is 2.28. The van der Waals surface area contributed by atoms with Crippen molar-refractivity contribution in [2.45, 2.75) is 38.9 Å². The van der Waals surface area contributed by atoms with E-state index < -0.39 is 18.2 Å². The van der Waals surface area contributed by atoms with Crippen LogP contribution in [0.25, 0.3) is 0 Å². The molecule has 0 aliphatic carbocycles. The first kappa shape index (κ1) is 14.4. The number of hydrogen-bond donors (Lipinski definition) is 0. The first-order valence-electron chi connectivity index (χ1n) is 5.30. The first-order chi connectivity index (χ1) is 7.63. The molecular weight excluding hydrogens is 208 g/mol. The topological polar surface area (TPSA) is 52.6 Å². The predicted octanol–water partition coefficient (Wildman–Crippen LogP) is 2.35. The van der Waals surface area contributed by atoms with Crippen molar-refractivity contribution >= 4 is 11.9 Å². The minimum Gasteiger partial charge on any atom is -0.422 e. The normalized spacial score (nSPS) is 9.62. The summed E-state index contributed by atoms with van der Waals surface area (Å²) < 4.78 is 9.74. The van der Waals surface area contributed by atoms with Gasteiger partial charge in [0, 0.05) is 18.6 Å². The van der Waals surface area contributed by atoms with Gasteiger partial charge in [0.2, 0.25) is 6.29 Å². The van der Waals surface area contributed by atoms with Crippen LogP contribution in [-0.2, 0) is 19.1 Å². The SMILES string of the molecule is C=CC(=O)OC(CCCCC)OC(=O)C=C. The van der Waals surface area contributed by atoms with Crippen molar-refractivity contribution < 1.29 is 19.1 Å². The lowest BCUT2D eigenvalue weighted by Crippen LogP contribution is -2.23.